The third kappa shape index (κ3) is 1.37. The Hall–Kier alpha value is -0.800. The first-order valence-corrected chi connectivity index (χ1v) is 3.39. The summed E-state index contributed by atoms with van der Waals surface area (Å²) < 4.78 is 11.5. The van der Waals surface area contributed by atoms with Gasteiger partial charge in [-0.2, -0.15) is 5.54 Å². The van der Waals surface area contributed by atoms with Gasteiger partial charge >= 0.3 is 6.03 Å². The van der Waals surface area contributed by atoms with Gasteiger partial charge in [0.25, 0.3) is 0 Å². The SMILES string of the molecule is CC1CCN(C(=O)NF)C1. The smallest absolute Gasteiger partial charge is 0.323 e. The number of nitrogens with one attached hydrogen (secondary N) is 1. The summed E-state index contributed by atoms with van der Waals surface area (Å²) in [6, 6.07) is -0.607. The minimum atomic E-state index is -0.607. The molecule has 1 heterocycles. The summed E-state index contributed by atoms with van der Waals surface area (Å²) in [5, 5.41) is 0. The molecule has 0 bridgehead atoms. The molecule has 1 aliphatic rings. The van der Waals surface area contributed by atoms with E-state index in [2.05, 4.69) is 0 Å². The lowest BCUT2D eigenvalue weighted by Crippen LogP contribution is -2.34. The Balaban J connectivity index is 2.37. The van der Waals surface area contributed by atoms with Gasteiger partial charge in [0.1, 0.15) is 0 Å². The number of rotatable bonds is 0. The lowest BCUT2D eigenvalue weighted by atomic mass is 10.2. The number of hydrogen-bond acceptors (Lipinski definition) is 1. The van der Waals surface area contributed by atoms with Crippen molar-refractivity contribution in [1.82, 2.24) is 10.4 Å². The Morgan fingerprint density at radius 3 is 2.90 bits per heavy atom. The Kier molecular flexibility index (Phi) is 2.09. The summed E-state index contributed by atoms with van der Waals surface area (Å²) in [6.07, 6.45) is 0.980. The summed E-state index contributed by atoms with van der Waals surface area (Å²) in [5.74, 6) is 0.511. The van der Waals surface area contributed by atoms with Crippen LogP contribution in [0.2, 0.25) is 0 Å². The van der Waals surface area contributed by atoms with Gasteiger partial charge in [-0.3, -0.25) is 0 Å². The van der Waals surface area contributed by atoms with E-state index in [4.69, 9.17) is 0 Å². The molecule has 4 heteroatoms. The second kappa shape index (κ2) is 2.86. The fourth-order valence-corrected chi connectivity index (χ4v) is 1.18. The van der Waals surface area contributed by atoms with E-state index in [9.17, 15) is 9.28 Å². The molecule has 1 aliphatic heterocycles. The van der Waals surface area contributed by atoms with Gasteiger partial charge < -0.3 is 4.90 Å². The Bertz CT molecular complexity index is 140. The lowest BCUT2D eigenvalue weighted by Gasteiger charge is -2.12. The first-order chi connectivity index (χ1) is 4.74. The minimum Gasteiger partial charge on any atom is -0.323 e. The summed E-state index contributed by atoms with van der Waals surface area (Å²) in [6.45, 7) is 3.40. The van der Waals surface area contributed by atoms with Crippen LogP contribution in [0.3, 0.4) is 0 Å². The standard InChI is InChI=1S/C6H11FN2O/c1-5-2-3-9(4-5)6(10)8-7/h5H,2-4H2,1H3,(H,8,10). The average Bonchev–Trinajstić information content (AvgIpc) is 2.34. The molecule has 1 unspecified atom stereocenters. The molecule has 0 radical (unpaired) electrons. The Labute approximate surface area is 59.1 Å². The molecule has 0 aromatic rings. The summed E-state index contributed by atoms with van der Waals surface area (Å²) in [4.78, 5) is 12.1. The lowest BCUT2D eigenvalue weighted by molar-refractivity contribution is 0.182. The first kappa shape index (κ1) is 7.31. The van der Waals surface area contributed by atoms with Gasteiger partial charge in [0.2, 0.25) is 0 Å². The molecule has 0 saturated carbocycles. The van der Waals surface area contributed by atoms with E-state index in [0.29, 0.717) is 19.0 Å². The molecule has 1 N–H and O–H groups in total. The van der Waals surface area contributed by atoms with Crippen LogP contribution in [-0.4, -0.2) is 24.0 Å². The highest BCUT2D eigenvalue weighted by Crippen LogP contribution is 2.14. The zero-order valence-electron chi connectivity index (χ0n) is 5.93. The quantitative estimate of drug-likeness (QED) is 0.506. The van der Waals surface area contributed by atoms with E-state index in [1.165, 1.54) is 4.90 Å². The molecule has 10 heavy (non-hydrogen) atoms. The van der Waals surface area contributed by atoms with Crippen molar-refractivity contribution in [3.8, 4) is 0 Å². The van der Waals surface area contributed by atoms with Crippen LogP contribution in [0.25, 0.3) is 0 Å². The van der Waals surface area contributed by atoms with Gasteiger partial charge in [-0.05, 0) is 12.3 Å². The van der Waals surface area contributed by atoms with Crippen LogP contribution in [0.15, 0.2) is 0 Å². The first-order valence-electron chi connectivity index (χ1n) is 3.39. The van der Waals surface area contributed by atoms with E-state index in [1.54, 1.807) is 0 Å². The molecule has 2 amide bonds. The predicted octanol–water partition coefficient (Wildman–Crippen LogP) is 0.922. The molecule has 1 rings (SSSR count). The van der Waals surface area contributed by atoms with Crippen LogP contribution in [0.4, 0.5) is 9.28 Å². The van der Waals surface area contributed by atoms with Gasteiger partial charge in [-0.15, -0.1) is 0 Å². The normalized spacial score (nSPS) is 25.0. The third-order valence-electron chi connectivity index (χ3n) is 1.79. The molecular weight excluding hydrogens is 135 g/mol. The van der Waals surface area contributed by atoms with E-state index in [-0.39, 0.29) is 0 Å². The van der Waals surface area contributed by atoms with Crippen molar-refractivity contribution >= 4 is 6.03 Å². The molecule has 1 atom stereocenters. The monoisotopic (exact) mass is 146 g/mol. The maximum Gasteiger partial charge on any atom is 0.345 e. The third-order valence-corrected chi connectivity index (χ3v) is 1.79. The number of urea groups is 1. The molecule has 0 aliphatic carbocycles. The summed E-state index contributed by atoms with van der Waals surface area (Å²) in [7, 11) is 0. The summed E-state index contributed by atoms with van der Waals surface area (Å²) in [5.41, 5.74) is 1.11. The van der Waals surface area contributed by atoms with Crippen LogP contribution in [0, 0.1) is 5.92 Å². The number of hydrogen-bond donors (Lipinski definition) is 1. The highest BCUT2D eigenvalue weighted by Gasteiger charge is 2.22. The van der Waals surface area contributed by atoms with Crippen molar-refractivity contribution in [1.29, 1.82) is 0 Å². The highest BCUT2D eigenvalue weighted by molar-refractivity contribution is 5.73. The van der Waals surface area contributed by atoms with Gasteiger partial charge in [0.15, 0.2) is 0 Å². The van der Waals surface area contributed by atoms with Crippen LogP contribution in [0.1, 0.15) is 13.3 Å². The van der Waals surface area contributed by atoms with Gasteiger partial charge in [0.05, 0.1) is 0 Å². The van der Waals surface area contributed by atoms with Crippen molar-refractivity contribution in [3.05, 3.63) is 0 Å². The highest BCUT2D eigenvalue weighted by atomic mass is 19.2. The van der Waals surface area contributed by atoms with Gasteiger partial charge in [-0.1, -0.05) is 11.4 Å². The number of carbonyl (C=O) groups excluding carboxylic acids is 1. The van der Waals surface area contributed by atoms with Crippen LogP contribution < -0.4 is 5.54 Å². The molecule has 1 fully saturated rings. The van der Waals surface area contributed by atoms with Crippen molar-refractivity contribution in [3.63, 3.8) is 0 Å². The average molecular weight is 146 g/mol. The topological polar surface area (TPSA) is 32.3 Å². The summed E-state index contributed by atoms with van der Waals surface area (Å²) >= 11 is 0. The van der Waals surface area contributed by atoms with Gasteiger partial charge in [-0.25, -0.2) is 4.79 Å². The largest absolute Gasteiger partial charge is 0.345 e. The van der Waals surface area contributed by atoms with Crippen molar-refractivity contribution < 1.29 is 9.28 Å². The molecule has 58 valence electrons. The number of carbonyl (C=O) groups is 1. The van der Waals surface area contributed by atoms with Crippen molar-refractivity contribution in [2.45, 2.75) is 13.3 Å². The zero-order valence-corrected chi connectivity index (χ0v) is 5.93. The fraction of sp³-hybridized carbons (Fsp3) is 0.833. The van der Waals surface area contributed by atoms with E-state index in [0.717, 1.165) is 12.0 Å². The van der Waals surface area contributed by atoms with Crippen molar-refractivity contribution in [2.24, 2.45) is 5.92 Å². The Morgan fingerprint density at radius 2 is 2.50 bits per heavy atom. The maximum atomic E-state index is 11.5. The van der Waals surface area contributed by atoms with Crippen LogP contribution >= 0.6 is 0 Å². The van der Waals surface area contributed by atoms with E-state index < -0.39 is 6.03 Å². The Morgan fingerprint density at radius 1 is 1.80 bits per heavy atom. The van der Waals surface area contributed by atoms with Crippen LogP contribution in [-0.2, 0) is 0 Å². The number of nitrogens with zero attached hydrogens (tertiary/aromatic N) is 1. The predicted molar refractivity (Wildman–Crippen MR) is 35.0 cm³/mol. The number of halogens is 1. The second-order valence-corrected chi connectivity index (χ2v) is 2.74. The molecule has 0 aromatic carbocycles. The zero-order chi connectivity index (χ0) is 7.56. The molecule has 3 nitrogen and oxygen atoms in total. The molecule has 1 saturated heterocycles. The fourth-order valence-electron chi connectivity index (χ4n) is 1.18. The van der Waals surface area contributed by atoms with E-state index in [1.807, 2.05) is 6.92 Å². The minimum absolute atomic E-state index is 0.511. The molecular formula is C6H11FN2O. The second-order valence-electron chi connectivity index (χ2n) is 2.74. The van der Waals surface area contributed by atoms with Gasteiger partial charge in [0, 0.05) is 13.1 Å². The van der Waals surface area contributed by atoms with Crippen molar-refractivity contribution in [2.75, 3.05) is 13.1 Å². The van der Waals surface area contributed by atoms with Crippen LogP contribution in [0.5, 0.6) is 0 Å². The number of amides is 2. The molecule has 0 aromatic heterocycles. The van der Waals surface area contributed by atoms with E-state index >= 15 is 0 Å². The number of likely N-dealkylation sites (tertiary alicyclic amines) is 1. The maximum absolute atomic E-state index is 11.5. The molecule has 0 spiro atoms.